The Kier molecular flexibility index (Phi) is 8.26. The Morgan fingerprint density at radius 2 is 1.86 bits per heavy atom. The van der Waals surface area contributed by atoms with Crippen LogP contribution in [0.15, 0.2) is 54.1 Å². The van der Waals surface area contributed by atoms with Crippen LogP contribution < -0.4 is 5.32 Å². The Balaban J connectivity index is 2.01. The van der Waals surface area contributed by atoms with Crippen LogP contribution in [0.4, 0.5) is 5.69 Å². The van der Waals surface area contributed by atoms with Crippen molar-refractivity contribution in [2.24, 2.45) is 0 Å². The molecule has 0 saturated carbocycles. The molecule has 0 unspecified atom stereocenters. The molecule has 0 spiro atoms. The molecule has 2 aromatic rings. The summed E-state index contributed by atoms with van der Waals surface area (Å²) in [6.07, 6.45) is 4.34. The smallest absolute Gasteiger partial charge is 0.338 e. The summed E-state index contributed by atoms with van der Waals surface area (Å²) in [5.41, 5.74) is 1.37. The molecule has 6 heteroatoms. The van der Waals surface area contributed by atoms with E-state index >= 15 is 0 Å². The van der Waals surface area contributed by atoms with Crippen molar-refractivity contribution in [3.63, 3.8) is 0 Å². The predicted octanol–water partition coefficient (Wildman–Crippen LogP) is 5.23. The molecular weight excluding hydrogens is 376 g/mol. The largest absolute Gasteiger partial charge is 0.462 e. The van der Waals surface area contributed by atoms with Gasteiger partial charge in [-0.3, -0.25) is 4.79 Å². The molecule has 0 heterocycles. The van der Waals surface area contributed by atoms with Crippen LogP contribution in [0.1, 0.15) is 42.1 Å². The van der Waals surface area contributed by atoms with E-state index in [2.05, 4.69) is 12.2 Å². The number of hydrogen-bond donors (Lipinski definition) is 1. The Hall–Kier alpha value is -3.10. The molecule has 2 rings (SSSR count). The summed E-state index contributed by atoms with van der Waals surface area (Å²) in [7, 11) is 0. The second kappa shape index (κ2) is 10.9. The monoisotopic (exact) mass is 396 g/mol. The number of rotatable bonds is 8. The molecule has 2 aromatic carbocycles. The van der Waals surface area contributed by atoms with Gasteiger partial charge in [0.1, 0.15) is 11.6 Å². The van der Waals surface area contributed by atoms with Crippen molar-refractivity contribution in [2.75, 3.05) is 11.9 Å². The highest BCUT2D eigenvalue weighted by molar-refractivity contribution is 6.32. The normalized spacial score (nSPS) is 10.8. The second-order valence-corrected chi connectivity index (χ2v) is 6.47. The van der Waals surface area contributed by atoms with E-state index in [0.29, 0.717) is 28.4 Å². The fraction of sp³-hybridized carbons (Fsp3) is 0.227. The number of anilines is 1. The Labute approximate surface area is 169 Å². The van der Waals surface area contributed by atoms with Crippen molar-refractivity contribution in [3.8, 4) is 6.07 Å². The number of unbranched alkanes of at least 4 members (excludes halogenated alkanes) is 2. The molecule has 0 atom stereocenters. The number of hydrogen-bond acceptors (Lipinski definition) is 4. The Bertz CT molecular complexity index is 899. The summed E-state index contributed by atoms with van der Waals surface area (Å²) in [6.45, 7) is 2.47. The number of carbonyl (C=O) groups is 2. The molecule has 0 aliphatic carbocycles. The molecule has 0 aromatic heterocycles. The highest BCUT2D eigenvalue weighted by Crippen LogP contribution is 2.19. The molecule has 0 aliphatic rings. The maximum atomic E-state index is 12.3. The van der Waals surface area contributed by atoms with E-state index in [1.165, 1.54) is 6.08 Å². The maximum Gasteiger partial charge on any atom is 0.338 e. The van der Waals surface area contributed by atoms with Crippen LogP contribution in [0, 0.1) is 11.3 Å². The summed E-state index contributed by atoms with van der Waals surface area (Å²) in [6, 6.07) is 15.1. The van der Waals surface area contributed by atoms with Gasteiger partial charge < -0.3 is 10.1 Å². The van der Waals surface area contributed by atoms with Gasteiger partial charge in [-0.15, -0.1) is 0 Å². The molecular formula is C22H21ClN2O3. The summed E-state index contributed by atoms with van der Waals surface area (Å²) in [5.74, 6) is -0.956. The van der Waals surface area contributed by atoms with E-state index in [9.17, 15) is 14.9 Å². The van der Waals surface area contributed by atoms with Crippen LogP contribution in [-0.4, -0.2) is 18.5 Å². The number of carbonyl (C=O) groups excluding carboxylic acids is 2. The van der Waals surface area contributed by atoms with Gasteiger partial charge in [-0.05, 0) is 48.4 Å². The molecule has 1 N–H and O–H groups in total. The molecule has 0 aliphatic heterocycles. The second-order valence-electron chi connectivity index (χ2n) is 6.07. The molecule has 28 heavy (non-hydrogen) atoms. The van der Waals surface area contributed by atoms with E-state index in [1.807, 2.05) is 6.07 Å². The Morgan fingerprint density at radius 3 is 2.50 bits per heavy atom. The van der Waals surface area contributed by atoms with Gasteiger partial charge in [-0.2, -0.15) is 5.26 Å². The van der Waals surface area contributed by atoms with Crippen molar-refractivity contribution in [2.45, 2.75) is 26.2 Å². The molecule has 5 nitrogen and oxygen atoms in total. The lowest BCUT2D eigenvalue weighted by Crippen LogP contribution is -2.13. The zero-order chi connectivity index (χ0) is 20.4. The summed E-state index contributed by atoms with van der Waals surface area (Å²) >= 11 is 6.06. The first kappa shape index (κ1) is 21.2. The van der Waals surface area contributed by atoms with Gasteiger partial charge >= 0.3 is 5.97 Å². The van der Waals surface area contributed by atoms with Gasteiger partial charge in [-0.25, -0.2) is 4.79 Å². The third kappa shape index (κ3) is 6.26. The quantitative estimate of drug-likeness (QED) is 0.286. The lowest BCUT2D eigenvalue weighted by Gasteiger charge is -2.07. The van der Waals surface area contributed by atoms with Crippen LogP contribution in [0.3, 0.4) is 0 Å². The molecule has 0 saturated heterocycles. The average molecular weight is 397 g/mol. The van der Waals surface area contributed by atoms with Crippen molar-refractivity contribution in [3.05, 3.63) is 70.3 Å². The maximum absolute atomic E-state index is 12.3. The first-order chi connectivity index (χ1) is 13.5. The average Bonchev–Trinajstić information content (AvgIpc) is 2.71. The summed E-state index contributed by atoms with van der Waals surface area (Å²) in [4.78, 5) is 24.3. The number of nitriles is 1. The lowest BCUT2D eigenvalue weighted by molar-refractivity contribution is -0.112. The zero-order valence-corrected chi connectivity index (χ0v) is 16.3. The van der Waals surface area contributed by atoms with Gasteiger partial charge in [0.25, 0.3) is 5.91 Å². The van der Waals surface area contributed by atoms with Crippen molar-refractivity contribution >= 4 is 35.2 Å². The number of benzene rings is 2. The van der Waals surface area contributed by atoms with Crippen molar-refractivity contribution in [1.82, 2.24) is 0 Å². The number of nitrogens with one attached hydrogen (secondary N) is 1. The number of nitrogens with zero attached hydrogens (tertiary/aromatic N) is 1. The minimum Gasteiger partial charge on any atom is -0.462 e. The molecule has 0 radical (unpaired) electrons. The fourth-order valence-corrected chi connectivity index (χ4v) is 2.57. The van der Waals surface area contributed by atoms with Gasteiger partial charge in [0, 0.05) is 10.7 Å². The van der Waals surface area contributed by atoms with Gasteiger partial charge in [-0.1, -0.05) is 49.6 Å². The van der Waals surface area contributed by atoms with E-state index in [-0.39, 0.29) is 5.57 Å². The summed E-state index contributed by atoms with van der Waals surface area (Å²) in [5, 5.41) is 12.4. The third-order valence-corrected chi connectivity index (χ3v) is 4.27. The van der Waals surface area contributed by atoms with Crippen molar-refractivity contribution in [1.29, 1.82) is 5.26 Å². The third-order valence-electron chi connectivity index (χ3n) is 3.93. The summed E-state index contributed by atoms with van der Waals surface area (Å²) < 4.78 is 5.19. The predicted molar refractivity (Wildman–Crippen MR) is 110 cm³/mol. The molecule has 144 valence electrons. The first-order valence-electron chi connectivity index (χ1n) is 9.00. The highest BCUT2D eigenvalue weighted by atomic mass is 35.5. The molecule has 0 fully saturated rings. The number of ether oxygens (including phenoxy) is 1. The minimum absolute atomic E-state index is 0.0764. The van der Waals surface area contributed by atoms with E-state index in [4.69, 9.17) is 16.3 Å². The topological polar surface area (TPSA) is 79.2 Å². The zero-order valence-electron chi connectivity index (χ0n) is 15.6. The first-order valence-corrected chi connectivity index (χ1v) is 9.37. The van der Waals surface area contributed by atoms with Crippen LogP contribution in [0.2, 0.25) is 5.02 Å². The van der Waals surface area contributed by atoms with Gasteiger partial charge in [0.2, 0.25) is 0 Å². The van der Waals surface area contributed by atoms with Crippen LogP contribution in [0.5, 0.6) is 0 Å². The van der Waals surface area contributed by atoms with E-state index in [0.717, 1.165) is 19.3 Å². The van der Waals surface area contributed by atoms with E-state index in [1.54, 1.807) is 48.5 Å². The SMILES string of the molecule is CCCCCOC(=O)c1ccc(NC(=O)C(C#N)=Cc2ccccc2Cl)cc1. The number of amides is 1. The van der Waals surface area contributed by atoms with Crippen molar-refractivity contribution < 1.29 is 14.3 Å². The van der Waals surface area contributed by atoms with Gasteiger partial charge in [0.15, 0.2) is 0 Å². The Morgan fingerprint density at radius 1 is 1.14 bits per heavy atom. The molecule has 1 amide bonds. The minimum atomic E-state index is -0.558. The van der Waals surface area contributed by atoms with Crippen LogP contribution in [-0.2, 0) is 9.53 Å². The molecule has 0 bridgehead atoms. The van der Waals surface area contributed by atoms with E-state index < -0.39 is 11.9 Å². The van der Waals surface area contributed by atoms with Gasteiger partial charge in [0.05, 0.1) is 12.2 Å². The lowest BCUT2D eigenvalue weighted by atomic mass is 10.1. The van der Waals surface area contributed by atoms with Crippen LogP contribution in [0.25, 0.3) is 6.08 Å². The number of esters is 1. The number of halogens is 1. The van der Waals surface area contributed by atoms with Crippen LogP contribution >= 0.6 is 11.6 Å². The standard InChI is InChI=1S/C22H21ClN2O3/c1-2-3-6-13-28-22(27)16-9-11-19(12-10-16)25-21(26)18(15-24)14-17-7-4-5-8-20(17)23/h4-5,7-12,14H,2-3,6,13H2,1H3,(H,25,26). The highest BCUT2D eigenvalue weighted by Gasteiger charge is 2.12. The fourth-order valence-electron chi connectivity index (χ4n) is 2.38.